The van der Waals surface area contributed by atoms with Gasteiger partial charge in [-0.2, -0.15) is 0 Å². The van der Waals surface area contributed by atoms with Crippen LogP contribution >= 0.6 is 0 Å². The van der Waals surface area contributed by atoms with Gasteiger partial charge in [-0.15, -0.1) is 0 Å². The number of aromatic nitrogens is 2. The van der Waals surface area contributed by atoms with Crippen molar-refractivity contribution in [3.8, 4) is 11.1 Å². The highest BCUT2D eigenvalue weighted by Crippen LogP contribution is 2.30. The molecule has 1 aliphatic heterocycles. The zero-order valence-corrected chi connectivity index (χ0v) is 18.8. The zero-order chi connectivity index (χ0) is 24.9. The van der Waals surface area contributed by atoms with E-state index in [0.717, 1.165) is 17.8 Å². The molecule has 1 aromatic heterocycles. The smallest absolute Gasteiger partial charge is 0.414 e. The van der Waals surface area contributed by atoms with Crippen molar-refractivity contribution in [2.75, 3.05) is 24.5 Å². The van der Waals surface area contributed by atoms with Crippen LogP contribution in [0.5, 0.6) is 0 Å². The molecule has 11 heteroatoms. The van der Waals surface area contributed by atoms with Crippen LogP contribution in [0, 0.1) is 11.6 Å². The summed E-state index contributed by atoms with van der Waals surface area (Å²) < 4.78 is 34.8. The number of nitrogens with zero attached hydrogens (tertiary/aromatic N) is 2. The molecule has 3 aromatic rings. The average molecular weight is 483 g/mol. The third-order valence-corrected chi connectivity index (χ3v) is 5.48. The Kier molecular flexibility index (Phi) is 7.04. The molecule has 2 heterocycles. The maximum absolute atomic E-state index is 14.9. The normalized spacial score (nSPS) is 15.1. The number of rotatable bonds is 8. The zero-order valence-electron chi connectivity index (χ0n) is 18.8. The van der Waals surface area contributed by atoms with Crippen molar-refractivity contribution in [1.29, 1.82) is 0 Å². The van der Waals surface area contributed by atoms with Gasteiger partial charge in [0.1, 0.15) is 17.7 Å². The summed E-state index contributed by atoms with van der Waals surface area (Å²) in [7, 11) is 0. The molecule has 1 aliphatic rings. The maximum Gasteiger partial charge on any atom is 0.414 e. The summed E-state index contributed by atoms with van der Waals surface area (Å²) in [5.74, 6) is -2.28. The first-order chi connectivity index (χ1) is 16.8. The van der Waals surface area contributed by atoms with Crippen molar-refractivity contribution in [3.05, 3.63) is 71.8 Å². The van der Waals surface area contributed by atoms with Gasteiger partial charge < -0.3 is 20.4 Å². The minimum absolute atomic E-state index is 0.112. The minimum atomic E-state index is -0.783. The summed E-state index contributed by atoms with van der Waals surface area (Å²) >= 11 is 0. The molecule has 0 radical (unpaired) electrons. The van der Waals surface area contributed by atoms with Crippen molar-refractivity contribution >= 4 is 23.6 Å². The molecule has 3 N–H and O–H groups in total. The van der Waals surface area contributed by atoms with Crippen molar-refractivity contribution < 1.29 is 27.9 Å². The third-order valence-electron chi connectivity index (χ3n) is 5.48. The van der Waals surface area contributed by atoms with E-state index in [1.807, 2.05) is 0 Å². The molecular formula is C24H23F2N5O4. The number of H-pyrrole nitrogens is 1. The van der Waals surface area contributed by atoms with E-state index in [4.69, 9.17) is 4.74 Å². The monoisotopic (exact) mass is 483 g/mol. The second kappa shape index (κ2) is 10.3. The number of imidazole rings is 1. The van der Waals surface area contributed by atoms with E-state index in [1.54, 1.807) is 6.20 Å². The van der Waals surface area contributed by atoms with E-state index in [1.165, 1.54) is 42.4 Å². The topological polar surface area (TPSA) is 116 Å². The molecule has 35 heavy (non-hydrogen) atoms. The Morgan fingerprint density at radius 2 is 2.00 bits per heavy atom. The maximum atomic E-state index is 14.9. The molecule has 0 aliphatic carbocycles. The van der Waals surface area contributed by atoms with Gasteiger partial charge in [-0.3, -0.25) is 14.5 Å². The second-order valence-electron chi connectivity index (χ2n) is 7.99. The Morgan fingerprint density at radius 1 is 1.17 bits per heavy atom. The van der Waals surface area contributed by atoms with Gasteiger partial charge in [0, 0.05) is 37.3 Å². The Bertz CT molecular complexity index is 1250. The average Bonchev–Trinajstić information content (AvgIpc) is 3.47. The standard InChI is InChI=1S/C24H23F2N5O4/c1-14(32)29-11-18-12-31(24(34)35-18)17-3-5-19(22(26)9-17)15-2-4-20(21(25)8-15)23(33)28-7-6-16-10-27-13-30-16/h2-5,8-10,13,18H,6-7,11-12H2,1H3,(H,27,30)(H,28,33)(H,29,32)/t18-/m0/s1. The van der Waals surface area contributed by atoms with Crippen LogP contribution in [0.25, 0.3) is 11.1 Å². The minimum Gasteiger partial charge on any atom is -0.442 e. The van der Waals surface area contributed by atoms with Crippen molar-refractivity contribution in [1.82, 2.24) is 20.6 Å². The molecule has 1 fully saturated rings. The first-order valence-corrected chi connectivity index (χ1v) is 10.9. The fourth-order valence-corrected chi connectivity index (χ4v) is 3.70. The Balaban J connectivity index is 1.42. The number of cyclic esters (lactones) is 1. The van der Waals surface area contributed by atoms with Crippen molar-refractivity contribution in [2.45, 2.75) is 19.4 Å². The summed E-state index contributed by atoms with van der Waals surface area (Å²) in [5, 5.41) is 5.21. The number of hydrogen-bond acceptors (Lipinski definition) is 5. The fraction of sp³-hybridized carbons (Fsp3) is 0.250. The molecular weight excluding hydrogens is 460 g/mol. The Hall–Kier alpha value is -4.28. The molecule has 1 saturated heterocycles. The third kappa shape index (κ3) is 5.62. The van der Waals surface area contributed by atoms with E-state index >= 15 is 0 Å². The van der Waals surface area contributed by atoms with Crippen LogP contribution in [-0.4, -0.2) is 53.6 Å². The first kappa shape index (κ1) is 23.9. The van der Waals surface area contributed by atoms with E-state index in [-0.39, 0.29) is 41.4 Å². The summed E-state index contributed by atoms with van der Waals surface area (Å²) in [6.45, 7) is 1.95. The lowest BCUT2D eigenvalue weighted by atomic mass is 10.0. The van der Waals surface area contributed by atoms with Gasteiger partial charge in [-0.25, -0.2) is 18.6 Å². The van der Waals surface area contributed by atoms with Gasteiger partial charge >= 0.3 is 6.09 Å². The number of halogens is 2. The number of benzene rings is 2. The molecule has 2 aromatic carbocycles. The summed E-state index contributed by atoms with van der Waals surface area (Å²) in [6, 6.07) is 7.96. The number of nitrogens with one attached hydrogen (secondary N) is 3. The molecule has 4 rings (SSSR count). The van der Waals surface area contributed by atoms with Gasteiger partial charge in [0.2, 0.25) is 5.91 Å². The summed E-state index contributed by atoms with van der Waals surface area (Å²) in [4.78, 5) is 43.6. The van der Waals surface area contributed by atoms with Crippen LogP contribution in [-0.2, 0) is 16.0 Å². The van der Waals surface area contributed by atoms with E-state index in [2.05, 4.69) is 20.6 Å². The predicted octanol–water partition coefficient (Wildman–Crippen LogP) is 2.79. The number of hydrogen-bond donors (Lipinski definition) is 3. The van der Waals surface area contributed by atoms with Crippen LogP contribution in [0.15, 0.2) is 48.9 Å². The van der Waals surface area contributed by atoms with E-state index in [9.17, 15) is 23.2 Å². The van der Waals surface area contributed by atoms with Crippen LogP contribution < -0.4 is 15.5 Å². The number of ether oxygens (including phenoxy) is 1. The quantitative estimate of drug-likeness (QED) is 0.456. The lowest BCUT2D eigenvalue weighted by Gasteiger charge is -2.15. The largest absolute Gasteiger partial charge is 0.442 e. The second-order valence-corrected chi connectivity index (χ2v) is 7.99. The van der Waals surface area contributed by atoms with Crippen LogP contribution in [0.2, 0.25) is 0 Å². The summed E-state index contributed by atoms with van der Waals surface area (Å²) in [6.07, 6.45) is 2.48. The van der Waals surface area contributed by atoms with Crippen LogP contribution in [0.3, 0.4) is 0 Å². The SMILES string of the molecule is CC(=O)NC[C@H]1CN(c2ccc(-c3ccc(C(=O)NCCc4cnc[nH]4)c(F)c3)c(F)c2)C(=O)O1. The van der Waals surface area contributed by atoms with Crippen LogP contribution in [0.4, 0.5) is 19.3 Å². The lowest BCUT2D eigenvalue weighted by molar-refractivity contribution is -0.119. The molecule has 9 nitrogen and oxygen atoms in total. The van der Waals surface area contributed by atoms with Gasteiger partial charge in [0.05, 0.1) is 30.7 Å². The van der Waals surface area contributed by atoms with Crippen molar-refractivity contribution in [3.63, 3.8) is 0 Å². The number of aromatic amines is 1. The van der Waals surface area contributed by atoms with Gasteiger partial charge in [-0.05, 0) is 35.9 Å². The number of carbonyl (C=O) groups excluding carboxylic acids is 3. The molecule has 0 unspecified atom stereocenters. The van der Waals surface area contributed by atoms with E-state index < -0.39 is 29.7 Å². The number of amides is 3. The molecule has 0 saturated carbocycles. The molecule has 182 valence electrons. The highest BCUT2D eigenvalue weighted by molar-refractivity contribution is 5.95. The van der Waals surface area contributed by atoms with Gasteiger partial charge in [0.25, 0.3) is 5.91 Å². The van der Waals surface area contributed by atoms with E-state index in [0.29, 0.717) is 13.0 Å². The Morgan fingerprint density at radius 3 is 2.69 bits per heavy atom. The summed E-state index contributed by atoms with van der Waals surface area (Å²) in [5.41, 5.74) is 1.32. The van der Waals surface area contributed by atoms with Crippen LogP contribution in [0.1, 0.15) is 23.0 Å². The molecule has 3 amide bonds. The molecule has 0 spiro atoms. The van der Waals surface area contributed by atoms with Gasteiger partial charge in [0.15, 0.2) is 0 Å². The number of anilines is 1. The number of carbonyl (C=O) groups is 3. The highest BCUT2D eigenvalue weighted by Gasteiger charge is 2.32. The fourth-order valence-electron chi connectivity index (χ4n) is 3.70. The highest BCUT2D eigenvalue weighted by atomic mass is 19.1. The Labute approximate surface area is 199 Å². The van der Waals surface area contributed by atoms with Gasteiger partial charge in [-0.1, -0.05) is 6.07 Å². The van der Waals surface area contributed by atoms with Crippen molar-refractivity contribution in [2.24, 2.45) is 0 Å². The lowest BCUT2D eigenvalue weighted by Crippen LogP contribution is -2.33. The molecule has 0 bridgehead atoms. The predicted molar refractivity (Wildman–Crippen MR) is 123 cm³/mol. The first-order valence-electron chi connectivity index (χ1n) is 10.9. The molecule has 1 atom stereocenters.